The second-order valence-electron chi connectivity index (χ2n) is 5.13. The van der Waals surface area contributed by atoms with Crippen LogP contribution in [0.15, 0.2) is 48.7 Å². The highest BCUT2D eigenvalue weighted by molar-refractivity contribution is 5.71. The lowest BCUT2D eigenvalue weighted by Gasteiger charge is -2.18. The lowest BCUT2D eigenvalue weighted by molar-refractivity contribution is 0.237. The Balaban J connectivity index is 2.38. The van der Waals surface area contributed by atoms with Gasteiger partial charge in [-0.05, 0) is 35.4 Å². The summed E-state index contributed by atoms with van der Waals surface area (Å²) in [6, 6.07) is 12.9. The standard InChI is InChI=1S/C19H23NO4/c1-20-12-16(13-5-8-15(22-2)9-6-13)19(21)14-7-10-17(23-3)18(11-14)24-4/h5-12,19-21H,1-4H3/b16-12+. The predicted molar refractivity (Wildman–Crippen MR) is 94.5 cm³/mol. The van der Waals surface area contributed by atoms with E-state index in [2.05, 4.69) is 5.32 Å². The second kappa shape index (κ2) is 8.26. The lowest BCUT2D eigenvalue weighted by Crippen LogP contribution is -2.06. The Morgan fingerprint density at radius 1 is 0.958 bits per heavy atom. The van der Waals surface area contributed by atoms with E-state index in [-0.39, 0.29) is 0 Å². The fourth-order valence-corrected chi connectivity index (χ4v) is 2.46. The third-order valence-electron chi connectivity index (χ3n) is 3.74. The molecule has 0 fully saturated rings. The number of nitrogens with one attached hydrogen (secondary N) is 1. The number of benzene rings is 2. The van der Waals surface area contributed by atoms with E-state index in [0.29, 0.717) is 17.1 Å². The number of rotatable bonds is 7. The minimum atomic E-state index is -0.814. The maximum atomic E-state index is 10.8. The van der Waals surface area contributed by atoms with Gasteiger partial charge in [-0.3, -0.25) is 0 Å². The van der Waals surface area contributed by atoms with Crippen LogP contribution in [0.25, 0.3) is 5.57 Å². The second-order valence-corrected chi connectivity index (χ2v) is 5.13. The fraction of sp³-hybridized carbons (Fsp3) is 0.263. The molecular weight excluding hydrogens is 306 g/mol. The van der Waals surface area contributed by atoms with Crippen molar-refractivity contribution in [2.45, 2.75) is 6.10 Å². The van der Waals surface area contributed by atoms with Crippen LogP contribution in [0.2, 0.25) is 0 Å². The largest absolute Gasteiger partial charge is 0.497 e. The topological polar surface area (TPSA) is 60.0 Å². The average Bonchev–Trinajstić information content (AvgIpc) is 2.65. The molecule has 0 saturated carbocycles. The van der Waals surface area contributed by atoms with Crippen LogP contribution in [0, 0.1) is 0 Å². The van der Waals surface area contributed by atoms with E-state index < -0.39 is 6.10 Å². The van der Waals surface area contributed by atoms with Crippen LogP contribution < -0.4 is 19.5 Å². The Bertz CT molecular complexity index is 695. The molecule has 2 aromatic rings. The molecule has 2 N–H and O–H groups in total. The summed E-state index contributed by atoms with van der Waals surface area (Å²) in [4.78, 5) is 0. The first-order chi connectivity index (χ1) is 11.6. The first-order valence-corrected chi connectivity index (χ1v) is 7.56. The van der Waals surface area contributed by atoms with Crippen molar-refractivity contribution >= 4 is 5.57 Å². The van der Waals surface area contributed by atoms with Gasteiger partial charge in [0.15, 0.2) is 11.5 Å². The Morgan fingerprint density at radius 3 is 2.17 bits per heavy atom. The molecule has 0 radical (unpaired) electrons. The van der Waals surface area contributed by atoms with Gasteiger partial charge in [0.25, 0.3) is 0 Å². The molecule has 1 unspecified atom stereocenters. The van der Waals surface area contributed by atoms with Crippen LogP contribution in [0.4, 0.5) is 0 Å². The van der Waals surface area contributed by atoms with Gasteiger partial charge in [0.1, 0.15) is 11.9 Å². The zero-order valence-corrected chi connectivity index (χ0v) is 14.4. The van der Waals surface area contributed by atoms with E-state index in [9.17, 15) is 5.11 Å². The van der Waals surface area contributed by atoms with E-state index in [1.165, 1.54) is 0 Å². The van der Waals surface area contributed by atoms with Crippen molar-refractivity contribution in [2.24, 2.45) is 0 Å². The SMILES string of the molecule is CN/C=C(\c1ccc(OC)cc1)C(O)c1ccc(OC)c(OC)c1. The quantitative estimate of drug-likeness (QED) is 0.818. The molecule has 0 aliphatic rings. The maximum Gasteiger partial charge on any atom is 0.161 e. The molecule has 128 valence electrons. The van der Waals surface area contributed by atoms with Crippen LogP contribution in [-0.4, -0.2) is 33.5 Å². The third-order valence-corrected chi connectivity index (χ3v) is 3.74. The van der Waals surface area contributed by atoms with E-state index >= 15 is 0 Å². The monoisotopic (exact) mass is 329 g/mol. The molecule has 2 aromatic carbocycles. The van der Waals surface area contributed by atoms with E-state index in [1.807, 2.05) is 30.3 Å². The van der Waals surface area contributed by atoms with Crippen LogP contribution in [-0.2, 0) is 0 Å². The zero-order chi connectivity index (χ0) is 17.5. The molecule has 0 bridgehead atoms. The number of methoxy groups -OCH3 is 3. The van der Waals surface area contributed by atoms with Gasteiger partial charge in [-0.2, -0.15) is 0 Å². The summed E-state index contributed by atoms with van der Waals surface area (Å²) in [6.07, 6.45) is 0.967. The summed E-state index contributed by atoms with van der Waals surface area (Å²) in [5.41, 5.74) is 2.35. The van der Waals surface area contributed by atoms with Crippen LogP contribution in [0.1, 0.15) is 17.2 Å². The van der Waals surface area contributed by atoms with Crippen LogP contribution >= 0.6 is 0 Å². The van der Waals surface area contributed by atoms with Crippen molar-refractivity contribution in [1.82, 2.24) is 5.32 Å². The highest BCUT2D eigenvalue weighted by Gasteiger charge is 2.17. The highest BCUT2D eigenvalue weighted by Crippen LogP contribution is 2.35. The molecular formula is C19H23NO4. The fourth-order valence-electron chi connectivity index (χ4n) is 2.46. The molecule has 5 heteroatoms. The summed E-state index contributed by atoms with van der Waals surface area (Å²) in [7, 11) is 6.57. The van der Waals surface area contributed by atoms with Crippen molar-refractivity contribution in [2.75, 3.05) is 28.4 Å². The van der Waals surface area contributed by atoms with Gasteiger partial charge in [-0.15, -0.1) is 0 Å². The van der Waals surface area contributed by atoms with E-state index in [4.69, 9.17) is 14.2 Å². The molecule has 24 heavy (non-hydrogen) atoms. The molecule has 1 atom stereocenters. The Labute approximate surface area is 142 Å². The molecule has 0 amide bonds. The van der Waals surface area contributed by atoms with E-state index in [0.717, 1.165) is 16.9 Å². The summed E-state index contributed by atoms with van der Waals surface area (Å²) >= 11 is 0. The summed E-state index contributed by atoms with van der Waals surface area (Å²) in [6.45, 7) is 0. The molecule has 5 nitrogen and oxygen atoms in total. The minimum absolute atomic E-state index is 0.576. The van der Waals surface area contributed by atoms with Crippen molar-refractivity contribution in [1.29, 1.82) is 0 Å². The number of aliphatic hydroxyl groups excluding tert-OH is 1. The first kappa shape index (κ1) is 17.7. The van der Waals surface area contributed by atoms with Gasteiger partial charge in [-0.1, -0.05) is 18.2 Å². The normalized spacial score (nSPS) is 12.5. The summed E-state index contributed by atoms with van der Waals surface area (Å²) in [5.74, 6) is 1.97. The van der Waals surface area contributed by atoms with Gasteiger partial charge in [-0.25, -0.2) is 0 Å². The number of ether oxygens (including phenoxy) is 3. The summed E-state index contributed by atoms with van der Waals surface area (Å²) in [5, 5.41) is 13.8. The van der Waals surface area contributed by atoms with Gasteiger partial charge < -0.3 is 24.6 Å². The molecule has 0 saturated heterocycles. The van der Waals surface area contributed by atoms with Gasteiger partial charge in [0, 0.05) is 18.8 Å². The van der Waals surface area contributed by atoms with Crippen LogP contribution in [0.5, 0.6) is 17.2 Å². The van der Waals surface area contributed by atoms with Crippen LogP contribution in [0.3, 0.4) is 0 Å². The van der Waals surface area contributed by atoms with Crippen molar-refractivity contribution in [3.8, 4) is 17.2 Å². The van der Waals surface area contributed by atoms with Gasteiger partial charge in [0.05, 0.1) is 21.3 Å². The van der Waals surface area contributed by atoms with Crippen molar-refractivity contribution in [3.05, 3.63) is 59.8 Å². The molecule has 0 spiro atoms. The number of aliphatic hydroxyl groups is 1. The van der Waals surface area contributed by atoms with E-state index in [1.54, 1.807) is 46.7 Å². The third kappa shape index (κ3) is 3.81. The molecule has 0 heterocycles. The minimum Gasteiger partial charge on any atom is -0.497 e. The van der Waals surface area contributed by atoms with Crippen molar-refractivity contribution in [3.63, 3.8) is 0 Å². The molecule has 0 aliphatic carbocycles. The van der Waals surface area contributed by atoms with Gasteiger partial charge in [0.2, 0.25) is 0 Å². The molecule has 0 aromatic heterocycles. The average molecular weight is 329 g/mol. The summed E-state index contributed by atoms with van der Waals surface area (Å²) < 4.78 is 15.7. The van der Waals surface area contributed by atoms with Gasteiger partial charge >= 0.3 is 0 Å². The number of hydrogen-bond acceptors (Lipinski definition) is 5. The Hall–Kier alpha value is -2.66. The lowest BCUT2D eigenvalue weighted by atomic mass is 9.95. The maximum absolute atomic E-state index is 10.8. The molecule has 0 aliphatic heterocycles. The zero-order valence-electron chi connectivity index (χ0n) is 14.4. The Kier molecular flexibility index (Phi) is 6.09. The number of hydrogen-bond donors (Lipinski definition) is 2. The highest BCUT2D eigenvalue weighted by atomic mass is 16.5. The van der Waals surface area contributed by atoms with Crippen molar-refractivity contribution < 1.29 is 19.3 Å². The smallest absolute Gasteiger partial charge is 0.161 e. The Morgan fingerprint density at radius 2 is 1.62 bits per heavy atom. The predicted octanol–water partition coefficient (Wildman–Crippen LogP) is 3.01. The first-order valence-electron chi connectivity index (χ1n) is 7.56. The molecule has 2 rings (SSSR count).